The quantitative estimate of drug-likeness (QED) is 0.799. The van der Waals surface area contributed by atoms with Gasteiger partial charge in [-0.1, -0.05) is 12.1 Å². The zero-order valence-electron chi connectivity index (χ0n) is 11.6. The van der Waals surface area contributed by atoms with Crippen LogP contribution in [0.1, 0.15) is 28.9 Å². The van der Waals surface area contributed by atoms with Gasteiger partial charge in [0.2, 0.25) is 0 Å². The van der Waals surface area contributed by atoms with Crippen LogP contribution in [0.15, 0.2) is 66.0 Å². The van der Waals surface area contributed by atoms with Crippen LogP contribution in [0.4, 0.5) is 0 Å². The van der Waals surface area contributed by atoms with Crippen LogP contribution < -0.4 is 5.32 Å². The SMILES string of the molecule is CC(NC(=O)c1ccoc1)c1ccc(-n2ccnc2)cc1. The molecule has 2 aromatic heterocycles. The van der Waals surface area contributed by atoms with Crippen molar-refractivity contribution in [1.82, 2.24) is 14.9 Å². The molecule has 0 saturated heterocycles. The van der Waals surface area contributed by atoms with E-state index < -0.39 is 0 Å². The van der Waals surface area contributed by atoms with Crippen molar-refractivity contribution in [3.63, 3.8) is 0 Å². The first kappa shape index (κ1) is 13.2. The Kier molecular flexibility index (Phi) is 3.55. The predicted molar refractivity (Wildman–Crippen MR) is 78.2 cm³/mol. The summed E-state index contributed by atoms with van der Waals surface area (Å²) < 4.78 is 6.84. The van der Waals surface area contributed by atoms with Crippen LogP contribution in [0.5, 0.6) is 0 Å². The molecule has 0 bridgehead atoms. The van der Waals surface area contributed by atoms with E-state index in [1.165, 1.54) is 12.5 Å². The number of nitrogens with one attached hydrogen (secondary N) is 1. The summed E-state index contributed by atoms with van der Waals surface area (Å²) in [4.78, 5) is 16.0. The Hall–Kier alpha value is -2.82. The summed E-state index contributed by atoms with van der Waals surface area (Å²) in [5.41, 5.74) is 2.59. The second kappa shape index (κ2) is 5.66. The van der Waals surface area contributed by atoms with Gasteiger partial charge in [-0.3, -0.25) is 4.79 Å². The molecule has 2 heterocycles. The molecule has 1 aromatic carbocycles. The third-order valence-electron chi connectivity index (χ3n) is 3.33. The topological polar surface area (TPSA) is 60.1 Å². The Balaban J connectivity index is 1.70. The third-order valence-corrected chi connectivity index (χ3v) is 3.33. The van der Waals surface area contributed by atoms with E-state index in [2.05, 4.69) is 10.3 Å². The van der Waals surface area contributed by atoms with Gasteiger partial charge in [0.1, 0.15) is 6.26 Å². The molecule has 0 spiro atoms. The van der Waals surface area contributed by atoms with Crippen molar-refractivity contribution in [3.05, 3.63) is 72.7 Å². The average molecular weight is 281 g/mol. The van der Waals surface area contributed by atoms with Crippen molar-refractivity contribution in [1.29, 1.82) is 0 Å². The summed E-state index contributed by atoms with van der Waals surface area (Å²) in [6.07, 6.45) is 8.30. The second-order valence-corrected chi connectivity index (χ2v) is 4.77. The summed E-state index contributed by atoms with van der Waals surface area (Å²) in [6, 6.07) is 9.55. The van der Waals surface area contributed by atoms with Crippen molar-refractivity contribution < 1.29 is 9.21 Å². The molecular formula is C16H15N3O2. The van der Waals surface area contributed by atoms with Gasteiger partial charge in [0.25, 0.3) is 5.91 Å². The molecule has 1 unspecified atom stereocenters. The van der Waals surface area contributed by atoms with Crippen LogP contribution in [0, 0.1) is 0 Å². The number of carbonyl (C=O) groups excluding carboxylic acids is 1. The summed E-state index contributed by atoms with van der Waals surface area (Å²) in [6.45, 7) is 1.95. The molecule has 0 fully saturated rings. The van der Waals surface area contributed by atoms with Crippen molar-refractivity contribution >= 4 is 5.91 Å². The minimum absolute atomic E-state index is 0.0794. The van der Waals surface area contributed by atoms with Crippen LogP contribution in [0.2, 0.25) is 0 Å². The average Bonchev–Trinajstić information content (AvgIpc) is 3.20. The predicted octanol–water partition coefficient (Wildman–Crippen LogP) is 2.96. The molecule has 0 aliphatic heterocycles. The van der Waals surface area contributed by atoms with E-state index in [0.717, 1.165) is 11.3 Å². The van der Waals surface area contributed by atoms with Gasteiger partial charge in [-0.05, 0) is 30.7 Å². The molecule has 1 atom stereocenters. The largest absolute Gasteiger partial charge is 0.472 e. The maximum absolute atomic E-state index is 12.0. The minimum atomic E-state index is -0.144. The maximum atomic E-state index is 12.0. The Bertz CT molecular complexity index is 701. The lowest BCUT2D eigenvalue weighted by molar-refractivity contribution is 0.0939. The van der Waals surface area contributed by atoms with Gasteiger partial charge in [0, 0.05) is 18.1 Å². The molecule has 1 amide bonds. The molecule has 21 heavy (non-hydrogen) atoms. The fraction of sp³-hybridized carbons (Fsp3) is 0.125. The van der Waals surface area contributed by atoms with Crippen LogP contribution >= 0.6 is 0 Å². The highest BCUT2D eigenvalue weighted by molar-refractivity contribution is 5.94. The Morgan fingerprint density at radius 2 is 2.10 bits per heavy atom. The van der Waals surface area contributed by atoms with Gasteiger partial charge < -0.3 is 14.3 Å². The summed E-state index contributed by atoms with van der Waals surface area (Å²) in [7, 11) is 0. The number of benzene rings is 1. The van der Waals surface area contributed by atoms with Crippen molar-refractivity contribution in [3.8, 4) is 5.69 Å². The molecular weight excluding hydrogens is 266 g/mol. The van der Waals surface area contributed by atoms with E-state index in [9.17, 15) is 4.79 Å². The van der Waals surface area contributed by atoms with Gasteiger partial charge >= 0.3 is 0 Å². The molecule has 0 aliphatic carbocycles. The third kappa shape index (κ3) is 2.86. The highest BCUT2D eigenvalue weighted by Crippen LogP contribution is 2.16. The number of furan rings is 1. The fourth-order valence-corrected chi connectivity index (χ4v) is 2.10. The van der Waals surface area contributed by atoms with E-state index in [-0.39, 0.29) is 11.9 Å². The summed E-state index contributed by atoms with van der Waals surface area (Å²) >= 11 is 0. The highest BCUT2D eigenvalue weighted by Gasteiger charge is 2.12. The van der Waals surface area contributed by atoms with E-state index in [4.69, 9.17) is 4.42 Å². The molecule has 5 nitrogen and oxygen atoms in total. The monoisotopic (exact) mass is 281 g/mol. The Morgan fingerprint density at radius 1 is 1.29 bits per heavy atom. The number of imidazole rings is 1. The molecule has 0 radical (unpaired) electrons. The summed E-state index contributed by atoms with van der Waals surface area (Å²) in [5.74, 6) is -0.144. The van der Waals surface area contributed by atoms with Crippen LogP contribution in [0.3, 0.4) is 0 Å². The lowest BCUT2D eigenvalue weighted by atomic mass is 10.1. The Morgan fingerprint density at radius 3 is 2.71 bits per heavy atom. The molecule has 0 aliphatic rings. The number of hydrogen-bond donors (Lipinski definition) is 1. The van der Waals surface area contributed by atoms with Crippen molar-refractivity contribution in [2.75, 3.05) is 0 Å². The fourth-order valence-electron chi connectivity index (χ4n) is 2.10. The van der Waals surface area contributed by atoms with E-state index in [0.29, 0.717) is 5.56 Å². The number of hydrogen-bond acceptors (Lipinski definition) is 3. The standard InChI is InChI=1S/C16H15N3O2/c1-12(18-16(20)14-6-9-21-10-14)13-2-4-15(5-3-13)19-8-7-17-11-19/h2-12H,1H3,(H,18,20). The van der Waals surface area contributed by atoms with E-state index >= 15 is 0 Å². The van der Waals surface area contributed by atoms with Gasteiger partial charge in [0.05, 0.1) is 24.2 Å². The van der Waals surface area contributed by atoms with Crippen molar-refractivity contribution in [2.24, 2.45) is 0 Å². The Labute approximate surface area is 122 Å². The van der Waals surface area contributed by atoms with Crippen LogP contribution in [0.25, 0.3) is 5.69 Å². The minimum Gasteiger partial charge on any atom is -0.472 e. The molecule has 3 aromatic rings. The van der Waals surface area contributed by atoms with E-state index in [1.54, 1.807) is 18.6 Å². The first-order valence-electron chi connectivity index (χ1n) is 6.65. The molecule has 1 N–H and O–H groups in total. The maximum Gasteiger partial charge on any atom is 0.255 e. The van der Waals surface area contributed by atoms with Crippen LogP contribution in [-0.4, -0.2) is 15.5 Å². The molecule has 5 heteroatoms. The first-order valence-corrected chi connectivity index (χ1v) is 6.65. The lowest BCUT2D eigenvalue weighted by Gasteiger charge is -2.14. The van der Waals surface area contributed by atoms with Gasteiger partial charge in [0.15, 0.2) is 0 Å². The normalized spacial score (nSPS) is 12.0. The zero-order chi connectivity index (χ0) is 14.7. The molecule has 0 saturated carbocycles. The number of carbonyl (C=O) groups is 1. The number of aromatic nitrogens is 2. The number of nitrogens with zero attached hydrogens (tertiary/aromatic N) is 2. The highest BCUT2D eigenvalue weighted by atomic mass is 16.3. The molecule has 106 valence electrons. The molecule has 3 rings (SSSR count). The first-order chi connectivity index (χ1) is 10.2. The summed E-state index contributed by atoms with van der Waals surface area (Å²) in [5, 5.41) is 2.93. The van der Waals surface area contributed by atoms with Gasteiger partial charge in [-0.2, -0.15) is 0 Å². The smallest absolute Gasteiger partial charge is 0.255 e. The zero-order valence-corrected chi connectivity index (χ0v) is 11.6. The van der Waals surface area contributed by atoms with Crippen LogP contribution in [-0.2, 0) is 0 Å². The number of rotatable bonds is 4. The van der Waals surface area contributed by atoms with E-state index in [1.807, 2.05) is 42.0 Å². The lowest BCUT2D eigenvalue weighted by Crippen LogP contribution is -2.26. The van der Waals surface area contributed by atoms with Crippen molar-refractivity contribution in [2.45, 2.75) is 13.0 Å². The number of amides is 1. The van der Waals surface area contributed by atoms with Gasteiger partial charge in [-0.25, -0.2) is 4.98 Å². The second-order valence-electron chi connectivity index (χ2n) is 4.77. The van der Waals surface area contributed by atoms with Gasteiger partial charge in [-0.15, -0.1) is 0 Å².